The number of para-hydroxylation sites is 2. The molecule has 7 heteroatoms. The van der Waals surface area contributed by atoms with Gasteiger partial charge in [-0.3, -0.25) is 14.4 Å². The second-order valence-electron chi connectivity index (χ2n) is 8.00. The van der Waals surface area contributed by atoms with E-state index in [2.05, 4.69) is 21.2 Å². The summed E-state index contributed by atoms with van der Waals surface area (Å²) < 4.78 is 6.08. The van der Waals surface area contributed by atoms with Gasteiger partial charge in [-0.15, -0.1) is 0 Å². The average molecular weight is 485 g/mol. The molecule has 0 bridgehead atoms. The number of nitrogens with zero attached hydrogens (tertiary/aromatic N) is 1. The van der Waals surface area contributed by atoms with Gasteiger partial charge in [0.25, 0.3) is 5.91 Å². The van der Waals surface area contributed by atoms with Gasteiger partial charge in [-0.25, -0.2) is 0 Å². The van der Waals surface area contributed by atoms with Gasteiger partial charge in [0.05, 0.1) is 17.5 Å². The lowest BCUT2D eigenvalue weighted by Gasteiger charge is -2.32. The third kappa shape index (κ3) is 4.82. The zero-order chi connectivity index (χ0) is 21.8. The van der Waals surface area contributed by atoms with E-state index in [1.54, 1.807) is 12.1 Å². The van der Waals surface area contributed by atoms with Crippen LogP contribution < -0.4 is 10.2 Å². The number of nitrogens with one attached hydrogen (secondary N) is 1. The van der Waals surface area contributed by atoms with Crippen LogP contribution in [0, 0.1) is 11.8 Å². The van der Waals surface area contributed by atoms with E-state index in [0.717, 1.165) is 35.0 Å². The minimum absolute atomic E-state index is 0.00994. The van der Waals surface area contributed by atoms with Gasteiger partial charge < -0.3 is 15.0 Å². The number of hydrogen-bond acceptors (Lipinski definition) is 4. The number of fused-ring (bicyclic) bond motifs is 1. The predicted octanol–water partition coefficient (Wildman–Crippen LogP) is 4.33. The lowest BCUT2D eigenvalue weighted by Crippen LogP contribution is -2.42. The lowest BCUT2D eigenvalue weighted by atomic mass is 9.78. The van der Waals surface area contributed by atoms with Gasteiger partial charge in [0.1, 0.15) is 0 Å². The van der Waals surface area contributed by atoms with Crippen molar-refractivity contribution in [3.63, 3.8) is 0 Å². The SMILES string of the molecule is O=C(COC(=O)C1CCCCC1C(=O)N1CCc2ccccc21)Nc1ccccc1Br. The zero-order valence-electron chi connectivity index (χ0n) is 17.2. The van der Waals surface area contributed by atoms with Crippen molar-refractivity contribution in [1.82, 2.24) is 0 Å². The molecular weight excluding hydrogens is 460 g/mol. The molecule has 1 N–H and O–H groups in total. The second-order valence-corrected chi connectivity index (χ2v) is 8.86. The Balaban J connectivity index is 1.38. The van der Waals surface area contributed by atoms with E-state index in [-0.39, 0.29) is 12.5 Å². The molecule has 6 nitrogen and oxygen atoms in total. The van der Waals surface area contributed by atoms with Crippen LogP contribution in [0.4, 0.5) is 11.4 Å². The van der Waals surface area contributed by atoms with Gasteiger partial charge in [-0.05, 0) is 59.0 Å². The Kier molecular flexibility index (Phi) is 6.70. The highest BCUT2D eigenvalue weighted by molar-refractivity contribution is 9.10. The molecule has 0 aromatic heterocycles. The fourth-order valence-electron chi connectivity index (χ4n) is 4.47. The third-order valence-electron chi connectivity index (χ3n) is 6.03. The maximum Gasteiger partial charge on any atom is 0.310 e. The molecule has 2 aromatic rings. The molecule has 1 saturated carbocycles. The van der Waals surface area contributed by atoms with Crippen LogP contribution in [0.25, 0.3) is 0 Å². The third-order valence-corrected chi connectivity index (χ3v) is 6.72. The molecule has 2 amide bonds. The van der Waals surface area contributed by atoms with E-state index in [1.165, 1.54) is 0 Å². The van der Waals surface area contributed by atoms with E-state index < -0.39 is 23.7 Å². The summed E-state index contributed by atoms with van der Waals surface area (Å²) in [5, 5.41) is 2.72. The number of halogens is 1. The van der Waals surface area contributed by atoms with Crippen molar-refractivity contribution in [1.29, 1.82) is 0 Å². The number of hydrogen-bond donors (Lipinski definition) is 1. The largest absolute Gasteiger partial charge is 0.455 e. The van der Waals surface area contributed by atoms with E-state index in [1.807, 2.05) is 41.3 Å². The molecular formula is C24H25BrN2O4. The first kappa shape index (κ1) is 21.6. The Morgan fingerprint density at radius 3 is 2.52 bits per heavy atom. The van der Waals surface area contributed by atoms with Gasteiger partial charge in [-0.2, -0.15) is 0 Å². The zero-order valence-corrected chi connectivity index (χ0v) is 18.8. The monoisotopic (exact) mass is 484 g/mol. The van der Waals surface area contributed by atoms with Crippen molar-refractivity contribution in [3.8, 4) is 0 Å². The molecule has 31 heavy (non-hydrogen) atoms. The van der Waals surface area contributed by atoms with Gasteiger partial charge in [0.15, 0.2) is 6.61 Å². The van der Waals surface area contributed by atoms with Crippen LogP contribution in [0.15, 0.2) is 53.0 Å². The Hall–Kier alpha value is -2.67. The Bertz CT molecular complexity index is 993. The second kappa shape index (κ2) is 9.64. The van der Waals surface area contributed by atoms with Crippen molar-refractivity contribution in [2.45, 2.75) is 32.1 Å². The maximum atomic E-state index is 13.3. The summed E-state index contributed by atoms with van der Waals surface area (Å²) in [5.41, 5.74) is 2.72. The number of ether oxygens (including phenoxy) is 1. The van der Waals surface area contributed by atoms with E-state index in [9.17, 15) is 14.4 Å². The van der Waals surface area contributed by atoms with Crippen LogP contribution in [-0.4, -0.2) is 30.9 Å². The topological polar surface area (TPSA) is 75.7 Å². The summed E-state index contributed by atoms with van der Waals surface area (Å²) >= 11 is 3.37. The summed E-state index contributed by atoms with van der Waals surface area (Å²) in [4.78, 5) is 40.2. The van der Waals surface area contributed by atoms with E-state index in [0.29, 0.717) is 25.1 Å². The highest BCUT2D eigenvalue weighted by Crippen LogP contribution is 2.36. The first-order chi connectivity index (χ1) is 15.0. The molecule has 0 spiro atoms. The van der Waals surface area contributed by atoms with Gasteiger partial charge in [-0.1, -0.05) is 43.2 Å². The molecule has 2 unspecified atom stereocenters. The Labute approximate surface area is 190 Å². The first-order valence-corrected chi connectivity index (χ1v) is 11.4. The first-order valence-electron chi connectivity index (χ1n) is 10.6. The molecule has 4 rings (SSSR count). The molecule has 2 aromatic carbocycles. The summed E-state index contributed by atoms with van der Waals surface area (Å²) in [6, 6.07) is 15.1. The number of rotatable bonds is 5. The minimum atomic E-state index is -0.509. The molecule has 0 radical (unpaired) electrons. The standard InChI is InChI=1S/C24H25BrN2O4/c25-19-10-4-5-11-20(19)26-22(28)15-31-24(30)18-9-3-2-8-17(18)23(29)27-14-13-16-7-1-6-12-21(16)27/h1,4-7,10-12,17-18H,2-3,8-9,13-15H2,(H,26,28). The van der Waals surface area contributed by atoms with E-state index in [4.69, 9.17) is 4.74 Å². The van der Waals surface area contributed by atoms with Crippen molar-refractivity contribution < 1.29 is 19.1 Å². The highest BCUT2D eigenvalue weighted by atomic mass is 79.9. The van der Waals surface area contributed by atoms with Crippen LogP contribution in [0.3, 0.4) is 0 Å². The lowest BCUT2D eigenvalue weighted by molar-refractivity contribution is -0.156. The molecule has 1 aliphatic carbocycles. The maximum absolute atomic E-state index is 13.3. The minimum Gasteiger partial charge on any atom is -0.455 e. The van der Waals surface area contributed by atoms with Crippen LogP contribution in [0.5, 0.6) is 0 Å². The number of carbonyl (C=O) groups is 3. The number of benzene rings is 2. The summed E-state index contributed by atoms with van der Waals surface area (Å²) in [7, 11) is 0. The molecule has 1 heterocycles. The molecule has 2 atom stereocenters. The summed E-state index contributed by atoms with van der Waals surface area (Å²) in [5.74, 6) is -1.80. The Morgan fingerprint density at radius 1 is 1.00 bits per heavy atom. The summed E-state index contributed by atoms with van der Waals surface area (Å²) in [6.45, 7) is 0.273. The number of anilines is 2. The van der Waals surface area contributed by atoms with Crippen molar-refractivity contribution in [3.05, 3.63) is 58.6 Å². The van der Waals surface area contributed by atoms with Crippen LogP contribution in [0.1, 0.15) is 31.2 Å². The number of amides is 2. The van der Waals surface area contributed by atoms with Crippen LogP contribution in [0.2, 0.25) is 0 Å². The average Bonchev–Trinajstić information content (AvgIpc) is 3.23. The predicted molar refractivity (Wildman–Crippen MR) is 122 cm³/mol. The van der Waals surface area contributed by atoms with Crippen LogP contribution >= 0.6 is 15.9 Å². The fraction of sp³-hybridized carbons (Fsp3) is 0.375. The van der Waals surface area contributed by atoms with Gasteiger partial charge in [0.2, 0.25) is 5.91 Å². The Morgan fingerprint density at radius 2 is 1.71 bits per heavy atom. The van der Waals surface area contributed by atoms with Crippen molar-refractivity contribution in [2.24, 2.45) is 11.8 Å². The van der Waals surface area contributed by atoms with E-state index >= 15 is 0 Å². The van der Waals surface area contributed by atoms with Crippen molar-refractivity contribution in [2.75, 3.05) is 23.4 Å². The van der Waals surface area contributed by atoms with Crippen molar-refractivity contribution >= 4 is 45.1 Å². The molecule has 1 aliphatic heterocycles. The summed E-state index contributed by atoms with van der Waals surface area (Å²) in [6.07, 6.45) is 3.90. The normalized spacial score (nSPS) is 20.1. The van der Waals surface area contributed by atoms with Gasteiger partial charge in [0, 0.05) is 16.7 Å². The number of esters is 1. The smallest absolute Gasteiger partial charge is 0.310 e. The van der Waals surface area contributed by atoms with Crippen LogP contribution in [-0.2, 0) is 25.5 Å². The quantitative estimate of drug-likeness (QED) is 0.640. The molecule has 2 aliphatic rings. The van der Waals surface area contributed by atoms with Gasteiger partial charge >= 0.3 is 5.97 Å². The highest BCUT2D eigenvalue weighted by Gasteiger charge is 2.40. The molecule has 1 fully saturated rings. The molecule has 162 valence electrons. The number of carbonyl (C=O) groups excluding carboxylic acids is 3. The molecule has 0 saturated heterocycles. The fourth-order valence-corrected chi connectivity index (χ4v) is 4.85.